The number of aromatic nitrogens is 1. The van der Waals surface area contributed by atoms with E-state index in [0.29, 0.717) is 17.6 Å². The molecule has 0 saturated carbocycles. The molecule has 0 aliphatic rings. The molecule has 0 aliphatic carbocycles. The quantitative estimate of drug-likeness (QED) is 0.243. The summed E-state index contributed by atoms with van der Waals surface area (Å²) in [6.07, 6.45) is 1.48. The van der Waals surface area contributed by atoms with Gasteiger partial charge in [0.15, 0.2) is 0 Å². The van der Waals surface area contributed by atoms with E-state index in [2.05, 4.69) is 10.3 Å². The number of carbonyl (C=O) groups is 1. The van der Waals surface area contributed by atoms with E-state index >= 15 is 0 Å². The van der Waals surface area contributed by atoms with Crippen molar-refractivity contribution in [2.24, 2.45) is 0 Å². The van der Waals surface area contributed by atoms with Crippen LogP contribution in [-0.4, -0.2) is 18.0 Å². The lowest BCUT2D eigenvalue weighted by Gasteiger charge is -2.36. The van der Waals surface area contributed by atoms with Crippen LogP contribution < -0.4 is 10.1 Å². The van der Waals surface area contributed by atoms with Crippen molar-refractivity contribution in [2.45, 2.75) is 24.8 Å². The van der Waals surface area contributed by atoms with Crippen LogP contribution in [-0.2, 0) is 17.9 Å². The summed E-state index contributed by atoms with van der Waals surface area (Å²) >= 11 is 6.08. The van der Waals surface area contributed by atoms with Crippen molar-refractivity contribution < 1.29 is 27.1 Å². The van der Waals surface area contributed by atoms with Crippen molar-refractivity contribution in [3.63, 3.8) is 0 Å². The highest BCUT2D eigenvalue weighted by atomic mass is 35.5. The zero-order chi connectivity index (χ0) is 27.5. The molecule has 0 fully saturated rings. The average Bonchev–Trinajstić information content (AvgIpc) is 2.88. The van der Waals surface area contributed by atoms with Crippen LogP contribution in [0.5, 0.6) is 5.75 Å². The molecule has 3 aromatic carbocycles. The Labute approximate surface area is 222 Å². The number of amides is 1. The van der Waals surface area contributed by atoms with Crippen LogP contribution in [0.25, 0.3) is 0 Å². The van der Waals surface area contributed by atoms with Gasteiger partial charge in [-0.2, -0.15) is 0 Å². The summed E-state index contributed by atoms with van der Waals surface area (Å²) in [7, 11) is 1.38. The molecule has 4 nitrogen and oxygen atoms in total. The number of benzene rings is 3. The molecule has 1 atom stereocenters. The maximum atomic E-state index is 14.8. The summed E-state index contributed by atoms with van der Waals surface area (Å²) in [5.41, 5.74) is -1.30. The zero-order valence-electron chi connectivity index (χ0n) is 20.4. The lowest BCUT2D eigenvalue weighted by atomic mass is 9.80. The van der Waals surface area contributed by atoms with Gasteiger partial charge in [-0.3, -0.25) is 9.78 Å². The largest absolute Gasteiger partial charge is 0.497 e. The van der Waals surface area contributed by atoms with Gasteiger partial charge in [-0.15, -0.1) is 0 Å². The summed E-state index contributed by atoms with van der Waals surface area (Å²) in [5, 5.41) is 3.22. The molecule has 38 heavy (non-hydrogen) atoms. The number of carbonyl (C=O) groups excluding carboxylic acids is 1. The van der Waals surface area contributed by atoms with Crippen molar-refractivity contribution in [1.29, 1.82) is 0 Å². The minimum absolute atomic E-state index is 0.0960. The first-order valence-electron chi connectivity index (χ1n) is 11.5. The van der Waals surface area contributed by atoms with E-state index in [1.165, 1.54) is 25.4 Å². The normalized spacial score (nSPS) is 13.0. The first-order chi connectivity index (χ1) is 18.0. The molecule has 0 aliphatic heterocycles. The molecule has 1 heterocycles. The summed E-state index contributed by atoms with van der Waals surface area (Å²) in [6.45, 7) is 0.545. The van der Waals surface area contributed by atoms with E-state index < -0.39 is 34.6 Å². The maximum Gasteiger partial charge on any atom is 0.273 e. The average molecular weight is 543 g/mol. The number of nitrogens with zero attached hydrogens (tertiary/aromatic N) is 1. The SMILES string of the molecule is COc1cc(F)cc([C@](Cc2ccccc2)(NC(=O)c2ccc(F)c(C(C)(F)F)c2)c2ccc(Cl)cn2)c1. The first-order valence-corrected chi connectivity index (χ1v) is 11.9. The summed E-state index contributed by atoms with van der Waals surface area (Å²) < 4.78 is 62.3. The molecule has 1 aromatic heterocycles. The summed E-state index contributed by atoms with van der Waals surface area (Å²) in [4.78, 5) is 18.1. The van der Waals surface area contributed by atoms with Crippen molar-refractivity contribution in [3.05, 3.63) is 130 Å². The number of alkyl halides is 2. The van der Waals surface area contributed by atoms with Gasteiger partial charge in [0.2, 0.25) is 0 Å². The fourth-order valence-electron chi connectivity index (χ4n) is 4.25. The van der Waals surface area contributed by atoms with Gasteiger partial charge in [0.25, 0.3) is 11.8 Å². The second-order valence-corrected chi connectivity index (χ2v) is 9.28. The van der Waals surface area contributed by atoms with Gasteiger partial charge < -0.3 is 10.1 Å². The fourth-order valence-corrected chi connectivity index (χ4v) is 4.36. The highest BCUT2D eigenvalue weighted by Gasteiger charge is 2.39. The van der Waals surface area contributed by atoms with Gasteiger partial charge >= 0.3 is 0 Å². The third kappa shape index (κ3) is 5.81. The number of methoxy groups -OCH3 is 1. The van der Waals surface area contributed by atoms with Crippen molar-refractivity contribution in [1.82, 2.24) is 10.3 Å². The number of pyridine rings is 1. The topological polar surface area (TPSA) is 51.2 Å². The molecular formula is C29H23ClF4N2O2. The predicted molar refractivity (Wildman–Crippen MR) is 137 cm³/mol. The van der Waals surface area contributed by atoms with E-state index in [-0.39, 0.29) is 23.3 Å². The summed E-state index contributed by atoms with van der Waals surface area (Å²) in [6, 6.07) is 18.9. The van der Waals surface area contributed by atoms with Crippen LogP contribution in [0.2, 0.25) is 5.02 Å². The molecule has 4 rings (SSSR count). The standard InChI is InChI=1S/C29H23ClF4N2O2/c1-28(33,34)24-12-19(8-10-25(24)32)27(37)36-29(16-18-6-4-3-5-7-18,26-11-9-21(30)17-35-26)20-13-22(31)15-23(14-20)38-2/h3-15,17H,16H2,1-2H3,(H,36,37)/t29-/m0/s1. The van der Waals surface area contributed by atoms with E-state index in [1.54, 1.807) is 30.3 Å². The van der Waals surface area contributed by atoms with Gasteiger partial charge in [0.05, 0.1) is 23.4 Å². The number of rotatable bonds is 8. The zero-order valence-corrected chi connectivity index (χ0v) is 21.2. The lowest BCUT2D eigenvalue weighted by Crippen LogP contribution is -2.49. The van der Waals surface area contributed by atoms with Crippen LogP contribution in [0, 0.1) is 11.6 Å². The van der Waals surface area contributed by atoms with E-state index in [4.69, 9.17) is 16.3 Å². The number of nitrogens with one attached hydrogen (secondary N) is 1. The number of halogens is 5. The van der Waals surface area contributed by atoms with E-state index in [1.807, 2.05) is 18.2 Å². The molecule has 0 unspecified atom stereocenters. The predicted octanol–water partition coefficient (Wildman–Crippen LogP) is 7.05. The molecule has 4 aromatic rings. The first kappa shape index (κ1) is 27.1. The van der Waals surface area contributed by atoms with Crippen molar-refractivity contribution >= 4 is 17.5 Å². The van der Waals surface area contributed by atoms with Gasteiger partial charge in [0.1, 0.15) is 22.9 Å². The van der Waals surface area contributed by atoms with E-state index in [9.17, 15) is 22.4 Å². The van der Waals surface area contributed by atoms with Crippen LogP contribution >= 0.6 is 11.6 Å². The molecule has 0 saturated heterocycles. The van der Waals surface area contributed by atoms with Gasteiger partial charge in [-0.1, -0.05) is 41.9 Å². The van der Waals surface area contributed by atoms with E-state index in [0.717, 1.165) is 23.8 Å². The Hall–Kier alpha value is -3.91. The fraction of sp³-hybridized carbons (Fsp3) is 0.172. The highest BCUT2D eigenvalue weighted by molar-refractivity contribution is 6.30. The lowest BCUT2D eigenvalue weighted by molar-refractivity contribution is 0.0137. The van der Waals surface area contributed by atoms with Crippen molar-refractivity contribution in [2.75, 3.05) is 7.11 Å². The van der Waals surface area contributed by atoms with Gasteiger partial charge in [-0.25, -0.2) is 17.6 Å². The Bertz CT molecular complexity index is 1440. The maximum absolute atomic E-state index is 14.8. The van der Waals surface area contributed by atoms with Crippen molar-refractivity contribution in [3.8, 4) is 5.75 Å². The molecule has 9 heteroatoms. The third-order valence-corrected chi connectivity index (χ3v) is 6.33. The Morgan fingerprint density at radius 2 is 1.74 bits per heavy atom. The molecule has 0 spiro atoms. The Morgan fingerprint density at radius 1 is 1.00 bits per heavy atom. The van der Waals surface area contributed by atoms with Crippen LogP contribution in [0.1, 0.15) is 39.7 Å². The monoisotopic (exact) mass is 542 g/mol. The summed E-state index contributed by atoms with van der Waals surface area (Å²) in [5.74, 6) is -5.90. The van der Waals surface area contributed by atoms with Gasteiger partial charge in [-0.05, 0) is 53.6 Å². The Kier molecular flexibility index (Phi) is 7.73. The molecule has 1 amide bonds. The molecule has 0 bridgehead atoms. The molecule has 1 N–H and O–H groups in total. The molecular weight excluding hydrogens is 520 g/mol. The Balaban J connectivity index is 1.94. The third-order valence-electron chi connectivity index (χ3n) is 6.10. The Morgan fingerprint density at radius 3 is 2.37 bits per heavy atom. The number of ether oxygens (including phenoxy) is 1. The van der Waals surface area contributed by atoms with Gasteiger partial charge in [0, 0.05) is 31.2 Å². The number of hydrogen-bond acceptors (Lipinski definition) is 3. The van der Waals surface area contributed by atoms with Crippen LogP contribution in [0.15, 0.2) is 85.1 Å². The minimum atomic E-state index is -3.52. The molecule has 0 radical (unpaired) electrons. The van der Waals surface area contributed by atoms with Crippen LogP contribution in [0.4, 0.5) is 17.6 Å². The highest BCUT2D eigenvalue weighted by Crippen LogP contribution is 2.36. The smallest absolute Gasteiger partial charge is 0.273 e. The van der Waals surface area contributed by atoms with Crippen LogP contribution in [0.3, 0.4) is 0 Å². The second-order valence-electron chi connectivity index (χ2n) is 8.85. The molecule has 196 valence electrons. The minimum Gasteiger partial charge on any atom is -0.497 e. The second kappa shape index (κ2) is 10.8. The number of hydrogen-bond donors (Lipinski definition) is 1.